The van der Waals surface area contributed by atoms with Gasteiger partial charge in [-0.1, -0.05) is 0 Å². The monoisotopic (exact) mass is 255 g/mol. The second-order valence-electron chi connectivity index (χ2n) is 3.54. The molecular weight excluding hydrogens is 238 g/mol. The van der Waals surface area contributed by atoms with Gasteiger partial charge in [-0.2, -0.15) is 0 Å². The molecule has 0 aliphatic rings. The number of hydrogen-bond acceptors (Lipinski definition) is 6. The van der Waals surface area contributed by atoms with Crippen LogP contribution in [0.1, 0.15) is 13.8 Å². The van der Waals surface area contributed by atoms with Crippen LogP contribution < -0.4 is 4.72 Å². The molecule has 96 valence electrons. The number of aliphatic hydroxyl groups is 2. The molecule has 0 saturated heterocycles. The SMILES string of the molecule is CCOC(=O)CS(=O)(=O)NC(C)(CO)CO. The van der Waals surface area contributed by atoms with Gasteiger partial charge in [0.2, 0.25) is 10.0 Å². The molecule has 0 amide bonds. The van der Waals surface area contributed by atoms with Crippen LogP contribution >= 0.6 is 0 Å². The van der Waals surface area contributed by atoms with E-state index in [2.05, 4.69) is 4.74 Å². The Kier molecular flexibility index (Phi) is 5.87. The lowest BCUT2D eigenvalue weighted by atomic mass is 10.1. The van der Waals surface area contributed by atoms with Crippen LogP contribution in [-0.2, 0) is 19.6 Å². The first-order valence-electron chi connectivity index (χ1n) is 4.67. The summed E-state index contributed by atoms with van der Waals surface area (Å²) < 4.78 is 29.3. The quantitative estimate of drug-likeness (QED) is 0.463. The molecule has 8 heteroatoms. The van der Waals surface area contributed by atoms with Gasteiger partial charge >= 0.3 is 5.97 Å². The van der Waals surface area contributed by atoms with Crippen LogP contribution in [-0.4, -0.2) is 55.7 Å². The fraction of sp³-hybridized carbons (Fsp3) is 0.875. The molecule has 0 fully saturated rings. The van der Waals surface area contributed by atoms with Gasteiger partial charge in [-0.15, -0.1) is 0 Å². The van der Waals surface area contributed by atoms with Gasteiger partial charge in [0.1, 0.15) is 0 Å². The Morgan fingerprint density at radius 1 is 1.38 bits per heavy atom. The first kappa shape index (κ1) is 15.3. The number of ether oxygens (including phenoxy) is 1. The number of nitrogens with one attached hydrogen (secondary N) is 1. The van der Waals surface area contributed by atoms with Crippen molar-refractivity contribution in [3.05, 3.63) is 0 Å². The smallest absolute Gasteiger partial charge is 0.322 e. The van der Waals surface area contributed by atoms with Crippen LogP contribution in [0.4, 0.5) is 0 Å². The Labute approximate surface area is 94.5 Å². The molecule has 0 atom stereocenters. The highest BCUT2D eigenvalue weighted by Crippen LogP contribution is 2.04. The maximum atomic E-state index is 11.4. The van der Waals surface area contributed by atoms with Gasteiger partial charge in [0.15, 0.2) is 5.75 Å². The molecule has 0 saturated carbocycles. The van der Waals surface area contributed by atoms with E-state index in [-0.39, 0.29) is 6.61 Å². The first-order chi connectivity index (χ1) is 7.28. The Hall–Kier alpha value is -0.700. The van der Waals surface area contributed by atoms with Crippen molar-refractivity contribution in [1.82, 2.24) is 4.72 Å². The molecule has 0 aromatic rings. The van der Waals surface area contributed by atoms with Gasteiger partial charge < -0.3 is 14.9 Å². The molecule has 7 nitrogen and oxygen atoms in total. The third-order valence-electron chi connectivity index (χ3n) is 1.71. The molecule has 0 bridgehead atoms. The number of esters is 1. The van der Waals surface area contributed by atoms with Crippen LogP contribution in [0.15, 0.2) is 0 Å². The van der Waals surface area contributed by atoms with Crippen molar-refractivity contribution >= 4 is 16.0 Å². The van der Waals surface area contributed by atoms with Crippen molar-refractivity contribution in [3.8, 4) is 0 Å². The lowest BCUT2D eigenvalue weighted by Crippen LogP contribution is -2.52. The number of rotatable bonds is 7. The maximum absolute atomic E-state index is 11.4. The highest BCUT2D eigenvalue weighted by Gasteiger charge is 2.30. The number of carbonyl (C=O) groups excluding carboxylic acids is 1. The topological polar surface area (TPSA) is 113 Å². The highest BCUT2D eigenvalue weighted by atomic mass is 32.2. The minimum absolute atomic E-state index is 0.0889. The molecule has 0 rings (SSSR count). The predicted molar refractivity (Wildman–Crippen MR) is 56.1 cm³/mol. The Bertz CT molecular complexity index is 321. The van der Waals surface area contributed by atoms with Gasteiger partial charge in [-0.3, -0.25) is 4.79 Å². The maximum Gasteiger partial charge on any atom is 0.322 e. The van der Waals surface area contributed by atoms with Crippen LogP contribution in [0.25, 0.3) is 0 Å². The Balaban J connectivity index is 4.52. The van der Waals surface area contributed by atoms with Crippen molar-refractivity contribution in [1.29, 1.82) is 0 Å². The van der Waals surface area contributed by atoms with Gasteiger partial charge in [-0.05, 0) is 13.8 Å². The molecule has 0 radical (unpaired) electrons. The third kappa shape index (κ3) is 5.40. The molecule has 3 N–H and O–H groups in total. The van der Waals surface area contributed by atoms with E-state index in [1.165, 1.54) is 6.92 Å². The van der Waals surface area contributed by atoms with Crippen LogP contribution in [0.5, 0.6) is 0 Å². The van der Waals surface area contributed by atoms with Crippen LogP contribution in [0.3, 0.4) is 0 Å². The van der Waals surface area contributed by atoms with Crippen molar-refractivity contribution < 1.29 is 28.2 Å². The number of carbonyl (C=O) groups is 1. The summed E-state index contributed by atoms with van der Waals surface area (Å²) in [7, 11) is -3.93. The standard InChI is InChI=1S/C8H17NO6S/c1-3-15-7(12)4-16(13,14)9-8(2,5-10)6-11/h9-11H,3-6H2,1-2H3. The fourth-order valence-electron chi connectivity index (χ4n) is 0.884. The van der Waals surface area contributed by atoms with E-state index in [0.717, 1.165) is 0 Å². The lowest BCUT2D eigenvalue weighted by Gasteiger charge is -2.25. The predicted octanol–water partition coefficient (Wildman–Crippen LogP) is -1.79. The van der Waals surface area contributed by atoms with Gasteiger partial charge in [0.25, 0.3) is 0 Å². The molecule has 0 aromatic carbocycles. The van der Waals surface area contributed by atoms with E-state index in [9.17, 15) is 13.2 Å². The largest absolute Gasteiger partial charge is 0.465 e. The van der Waals surface area contributed by atoms with E-state index < -0.39 is 40.5 Å². The minimum atomic E-state index is -3.93. The molecule has 0 unspecified atom stereocenters. The van der Waals surface area contributed by atoms with Crippen molar-refractivity contribution in [2.24, 2.45) is 0 Å². The summed E-state index contributed by atoms with van der Waals surface area (Å²) in [6.07, 6.45) is 0. The zero-order valence-electron chi connectivity index (χ0n) is 9.26. The van der Waals surface area contributed by atoms with Crippen molar-refractivity contribution in [2.45, 2.75) is 19.4 Å². The second-order valence-corrected chi connectivity index (χ2v) is 5.27. The summed E-state index contributed by atoms with van der Waals surface area (Å²) >= 11 is 0. The summed E-state index contributed by atoms with van der Waals surface area (Å²) in [5.74, 6) is -1.72. The first-order valence-corrected chi connectivity index (χ1v) is 6.33. The zero-order valence-corrected chi connectivity index (χ0v) is 10.1. The van der Waals surface area contributed by atoms with Crippen molar-refractivity contribution in [2.75, 3.05) is 25.6 Å². The molecule has 0 heterocycles. The van der Waals surface area contributed by atoms with Gasteiger partial charge in [0, 0.05) is 0 Å². The van der Waals surface area contributed by atoms with Crippen molar-refractivity contribution in [3.63, 3.8) is 0 Å². The van der Waals surface area contributed by atoms with E-state index in [1.54, 1.807) is 6.92 Å². The third-order valence-corrected chi connectivity index (χ3v) is 3.13. The summed E-state index contributed by atoms with van der Waals surface area (Å²) in [5.41, 5.74) is -1.38. The number of hydrogen-bond donors (Lipinski definition) is 3. The Morgan fingerprint density at radius 3 is 2.25 bits per heavy atom. The van der Waals surface area contributed by atoms with E-state index in [4.69, 9.17) is 10.2 Å². The van der Waals surface area contributed by atoms with E-state index in [1.807, 2.05) is 4.72 Å². The Morgan fingerprint density at radius 2 is 1.88 bits per heavy atom. The van der Waals surface area contributed by atoms with Gasteiger partial charge in [-0.25, -0.2) is 13.1 Å². The molecule has 16 heavy (non-hydrogen) atoms. The normalized spacial score (nSPS) is 12.5. The zero-order chi connectivity index (χ0) is 12.8. The fourth-order valence-corrected chi connectivity index (χ4v) is 2.23. The van der Waals surface area contributed by atoms with E-state index in [0.29, 0.717) is 0 Å². The average molecular weight is 255 g/mol. The number of sulfonamides is 1. The van der Waals surface area contributed by atoms with Crippen LogP contribution in [0, 0.1) is 0 Å². The summed E-state index contributed by atoms with van der Waals surface area (Å²) in [6.45, 7) is 1.81. The molecule has 0 aliphatic heterocycles. The molecule has 0 aromatic heterocycles. The average Bonchev–Trinajstić information content (AvgIpc) is 2.16. The summed E-state index contributed by atoms with van der Waals surface area (Å²) in [4.78, 5) is 11.0. The molecule has 0 spiro atoms. The lowest BCUT2D eigenvalue weighted by molar-refractivity contribution is -0.139. The summed E-state index contributed by atoms with van der Waals surface area (Å²) in [5, 5.41) is 17.8. The minimum Gasteiger partial charge on any atom is -0.465 e. The van der Waals surface area contributed by atoms with Gasteiger partial charge in [0.05, 0.1) is 25.4 Å². The second kappa shape index (κ2) is 6.14. The molecular formula is C8H17NO6S. The number of aliphatic hydroxyl groups excluding tert-OH is 2. The van der Waals surface area contributed by atoms with E-state index >= 15 is 0 Å². The highest BCUT2D eigenvalue weighted by molar-refractivity contribution is 7.90. The molecule has 0 aliphatic carbocycles. The van der Waals surface area contributed by atoms with Crippen LogP contribution in [0.2, 0.25) is 0 Å². The summed E-state index contributed by atoms with van der Waals surface area (Å²) in [6, 6.07) is 0.